The molecular weight excluding hydrogens is 250 g/mol. The lowest BCUT2D eigenvalue weighted by Crippen LogP contribution is -1.88. The molecule has 78 valence electrons. The highest BCUT2D eigenvalue weighted by atomic mass is 35.5. The molecule has 0 amide bonds. The van der Waals surface area contributed by atoms with Gasteiger partial charge >= 0.3 is 0 Å². The van der Waals surface area contributed by atoms with Crippen LogP contribution in [-0.4, -0.2) is 15.0 Å². The fourth-order valence-electron chi connectivity index (χ4n) is 1.03. The zero-order valence-electron chi connectivity index (χ0n) is 8.19. The van der Waals surface area contributed by atoms with E-state index in [0.29, 0.717) is 0 Å². The second-order valence-corrected chi connectivity index (χ2v) is 5.44. The molecule has 0 aliphatic heterocycles. The Morgan fingerprint density at radius 3 is 2.60 bits per heavy atom. The molecule has 3 nitrogen and oxygen atoms in total. The lowest BCUT2D eigenvalue weighted by Gasteiger charge is -1.98. The van der Waals surface area contributed by atoms with Crippen molar-refractivity contribution in [3.63, 3.8) is 0 Å². The highest BCUT2D eigenvalue weighted by molar-refractivity contribution is 8.01. The fraction of sp³-hybridized carbons (Fsp3) is 0.222. The van der Waals surface area contributed by atoms with Crippen molar-refractivity contribution < 1.29 is 0 Å². The monoisotopic (exact) mass is 257 g/mol. The van der Waals surface area contributed by atoms with Gasteiger partial charge in [0.1, 0.15) is 5.03 Å². The van der Waals surface area contributed by atoms with E-state index in [1.807, 2.05) is 25.3 Å². The van der Waals surface area contributed by atoms with E-state index < -0.39 is 0 Å². The maximum absolute atomic E-state index is 5.77. The molecule has 0 aliphatic rings. The summed E-state index contributed by atoms with van der Waals surface area (Å²) in [6.07, 6.45) is 0. The quantitative estimate of drug-likeness (QED) is 0.611. The minimum absolute atomic E-state index is 0.283. The van der Waals surface area contributed by atoms with Crippen LogP contribution < -0.4 is 0 Å². The molecule has 2 rings (SSSR count). The standard InChI is InChI=1S/C9H8ClN3S2/c1-5-3-7(13-8(10)11-5)15-9-12-6(2)4-14-9/h3-4H,1-2H3. The van der Waals surface area contributed by atoms with Crippen molar-refractivity contribution in [2.24, 2.45) is 0 Å². The zero-order chi connectivity index (χ0) is 10.8. The van der Waals surface area contributed by atoms with Crippen LogP contribution >= 0.6 is 34.7 Å². The van der Waals surface area contributed by atoms with Gasteiger partial charge in [-0.2, -0.15) is 0 Å². The normalized spacial score (nSPS) is 10.6. The molecule has 2 aromatic rings. The van der Waals surface area contributed by atoms with Gasteiger partial charge < -0.3 is 0 Å². The van der Waals surface area contributed by atoms with Crippen LogP contribution in [0.3, 0.4) is 0 Å². The molecule has 0 fully saturated rings. The van der Waals surface area contributed by atoms with Gasteiger partial charge in [-0.1, -0.05) is 0 Å². The van der Waals surface area contributed by atoms with Crippen molar-refractivity contribution in [2.45, 2.75) is 23.2 Å². The fourth-order valence-corrected chi connectivity index (χ4v) is 3.14. The molecule has 0 saturated carbocycles. The summed E-state index contributed by atoms with van der Waals surface area (Å²) in [6, 6.07) is 1.90. The number of thiazole rings is 1. The molecule has 2 aromatic heterocycles. The molecule has 0 unspecified atom stereocenters. The number of halogens is 1. The maximum atomic E-state index is 5.77. The summed E-state index contributed by atoms with van der Waals surface area (Å²) in [5, 5.41) is 3.13. The molecule has 0 bridgehead atoms. The van der Waals surface area contributed by atoms with Gasteiger partial charge in [0.2, 0.25) is 5.28 Å². The number of hydrogen-bond donors (Lipinski definition) is 0. The number of hydrogen-bond acceptors (Lipinski definition) is 5. The molecule has 0 N–H and O–H groups in total. The van der Waals surface area contributed by atoms with E-state index in [9.17, 15) is 0 Å². The van der Waals surface area contributed by atoms with E-state index in [1.165, 1.54) is 11.8 Å². The van der Waals surface area contributed by atoms with E-state index in [2.05, 4.69) is 15.0 Å². The second kappa shape index (κ2) is 4.47. The predicted molar refractivity (Wildman–Crippen MR) is 62.8 cm³/mol. The van der Waals surface area contributed by atoms with Crippen LogP contribution in [0.4, 0.5) is 0 Å². The SMILES string of the molecule is Cc1cc(Sc2nc(C)cs2)nc(Cl)n1. The summed E-state index contributed by atoms with van der Waals surface area (Å²) in [4.78, 5) is 12.5. The first-order valence-electron chi connectivity index (χ1n) is 4.24. The average Bonchev–Trinajstić information content (AvgIpc) is 2.49. The van der Waals surface area contributed by atoms with Crippen molar-refractivity contribution in [3.8, 4) is 0 Å². The Hall–Kier alpha value is -0.650. The summed E-state index contributed by atoms with van der Waals surface area (Å²) >= 11 is 8.88. The van der Waals surface area contributed by atoms with Gasteiger partial charge in [-0.3, -0.25) is 0 Å². The van der Waals surface area contributed by atoms with Gasteiger partial charge in [0.25, 0.3) is 0 Å². The third kappa shape index (κ3) is 2.90. The summed E-state index contributed by atoms with van der Waals surface area (Å²) in [7, 11) is 0. The van der Waals surface area contributed by atoms with Gasteiger partial charge in [0, 0.05) is 16.8 Å². The third-order valence-electron chi connectivity index (χ3n) is 1.59. The summed E-state index contributed by atoms with van der Waals surface area (Å²) < 4.78 is 0.974. The van der Waals surface area contributed by atoms with Crippen LogP contribution in [0.1, 0.15) is 11.4 Å². The Bertz CT molecular complexity index is 464. The lowest BCUT2D eigenvalue weighted by molar-refractivity contribution is 1.00. The first-order valence-corrected chi connectivity index (χ1v) is 6.32. The number of rotatable bonds is 2. The molecule has 0 saturated heterocycles. The molecular formula is C9H8ClN3S2. The van der Waals surface area contributed by atoms with E-state index in [4.69, 9.17) is 11.6 Å². The van der Waals surface area contributed by atoms with Crippen LogP contribution in [0.2, 0.25) is 5.28 Å². The third-order valence-corrected chi connectivity index (χ3v) is 3.74. The molecule has 0 spiro atoms. The first kappa shape index (κ1) is 10.9. The number of nitrogens with zero attached hydrogens (tertiary/aromatic N) is 3. The number of aryl methyl sites for hydroxylation is 2. The zero-order valence-corrected chi connectivity index (χ0v) is 10.6. The molecule has 0 aromatic carbocycles. The van der Waals surface area contributed by atoms with E-state index in [0.717, 1.165) is 20.8 Å². The van der Waals surface area contributed by atoms with Crippen molar-refractivity contribution in [1.82, 2.24) is 15.0 Å². The molecule has 0 aliphatic carbocycles. The highest BCUT2D eigenvalue weighted by Gasteiger charge is 2.05. The molecule has 15 heavy (non-hydrogen) atoms. The van der Waals surface area contributed by atoms with Gasteiger partial charge in [0.15, 0.2) is 4.34 Å². The summed E-state index contributed by atoms with van der Waals surface area (Å²) in [6.45, 7) is 3.86. The van der Waals surface area contributed by atoms with Crippen molar-refractivity contribution >= 4 is 34.7 Å². The van der Waals surface area contributed by atoms with Crippen LogP contribution in [-0.2, 0) is 0 Å². The van der Waals surface area contributed by atoms with Crippen molar-refractivity contribution in [2.75, 3.05) is 0 Å². The highest BCUT2D eigenvalue weighted by Crippen LogP contribution is 2.29. The van der Waals surface area contributed by atoms with Crippen LogP contribution in [0, 0.1) is 13.8 Å². The van der Waals surface area contributed by atoms with Gasteiger partial charge in [-0.25, -0.2) is 15.0 Å². The van der Waals surface area contributed by atoms with Gasteiger partial charge in [-0.05, 0) is 43.3 Å². The summed E-state index contributed by atoms with van der Waals surface area (Å²) in [5.41, 5.74) is 1.89. The summed E-state index contributed by atoms with van der Waals surface area (Å²) in [5.74, 6) is 0. The Labute approximate surface area is 101 Å². The van der Waals surface area contributed by atoms with Crippen molar-refractivity contribution in [1.29, 1.82) is 0 Å². The lowest BCUT2D eigenvalue weighted by atomic mass is 10.5. The largest absolute Gasteiger partial charge is 0.235 e. The second-order valence-electron chi connectivity index (χ2n) is 2.97. The minimum atomic E-state index is 0.283. The number of aromatic nitrogens is 3. The first-order chi connectivity index (χ1) is 7.13. The van der Waals surface area contributed by atoms with Gasteiger partial charge in [0.05, 0.1) is 0 Å². The van der Waals surface area contributed by atoms with Crippen LogP contribution in [0.25, 0.3) is 0 Å². The van der Waals surface area contributed by atoms with Crippen LogP contribution in [0.15, 0.2) is 20.8 Å². The maximum Gasteiger partial charge on any atom is 0.223 e. The molecule has 0 radical (unpaired) electrons. The molecule has 2 heterocycles. The smallest absolute Gasteiger partial charge is 0.223 e. The molecule has 6 heteroatoms. The van der Waals surface area contributed by atoms with E-state index in [-0.39, 0.29) is 5.28 Å². The van der Waals surface area contributed by atoms with Crippen LogP contribution in [0.5, 0.6) is 0 Å². The molecule has 0 atom stereocenters. The predicted octanol–water partition coefficient (Wildman–Crippen LogP) is 3.35. The van der Waals surface area contributed by atoms with E-state index >= 15 is 0 Å². The van der Waals surface area contributed by atoms with E-state index in [1.54, 1.807) is 11.3 Å². The Morgan fingerprint density at radius 2 is 2.00 bits per heavy atom. The topological polar surface area (TPSA) is 38.7 Å². The average molecular weight is 258 g/mol. The Morgan fingerprint density at radius 1 is 1.20 bits per heavy atom. The minimum Gasteiger partial charge on any atom is -0.235 e. The van der Waals surface area contributed by atoms with Crippen molar-refractivity contribution in [3.05, 3.63) is 28.1 Å². The Kier molecular flexibility index (Phi) is 3.23. The van der Waals surface area contributed by atoms with Gasteiger partial charge in [-0.15, -0.1) is 11.3 Å². The Balaban J connectivity index is 2.24.